The fourth-order valence-electron chi connectivity index (χ4n) is 11.2. The van der Waals surface area contributed by atoms with Gasteiger partial charge in [0, 0.05) is 24.3 Å². The van der Waals surface area contributed by atoms with Crippen LogP contribution in [0.2, 0.25) is 0 Å². The van der Waals surface area contributed by atoms with Crippen molar-refractivity contribution in [2.45, 2.75) is 322 Å². The maximum absolute atomic E-state index is 11.1. The van der Waals surface area contributed by atoms with Gasteiger partial charge in [0.05, 0.1) is 60.4 Å². The minimum Gasteiger partial charge on any atom is -0.478 e. The van der Waals surface area contributed by atoms with Crippen LogP contribution in [-0.2, 0) is 0 Å². The molecule has 0 spiro atoms. The van der Waals surface area contributed by atoms with Crippen LogP contribution in [0.5, 0.6) is 0 Å². The van der Waals surface area contributed by atoms with E-state index in [-0.39, 0.29) is 11.1 Å². The van der Waals surface area contributed by atoms with Gasteiger partial charge in [-0.1, -0.05) is 284 Å². The number of hydrogen-bond donors (Lipinski definition) is 2. The van der Waals surface area contributed by atoms with Crippen molar-refractivity contribution in [1.29, 1.82) is 0 Å². The summed E-state index contributed by atoms with van der Waals surface area (Å²) in [6, 6.07) is 13.0. The average molecular weight is 1130 g/mol. The lowest BCUT2D eigenvalue weighted by Gasteiger charge is -2.28. The van der Waals surface area contributed by atoms with E-state index in [1.165, 1.54) is 256 Å². The summed E-state index contributed by atoms with van der Waals surface area (Å²) in [4.78, 5) is 23.2. The molecule has 2 aromatic rings. The van der Waals surface area contributed by atoms with Crippen LogP contribution in [0.15, 0.2) is 58.3 Å². The number of carboxylic acid groups (broad SMARTS) is 2. The van der Waals surface area contributed by atoms with Crippen molar-refractivity contribution in [3.63, 3.8) is 0 Å². The first-order valence-corrected chi connectivity index (χ1v) is 39.5. The molecule has 0 aliphatic carbocycles. The molecule has 2 aromatic carbocycles. The summed E-state index contributed by atoms with van der Waals surface area (Å²) in [5.41, 5.74) is 0.320. The predicted octanol–water partition coefficient (Wildman–Crippen LogP) is 25.0. The van der Waals surface area contributed by atoms with Crippen molar-refractivity contribution in [2.24, 2.45) is 0 Å². The van der Waals surface area contributed by atoms with Gasteiger partial charge in [-0.25, -0.2) is 9.59 Å². The lowest BCUT2D eigenvalue weighted by molar-refractivity contribution is 0.0683. The van der Waals surface area contributed by atoms with Crippen LogP contribution < -0.4 is 0 Å². The van der Waals surface area contributed by atoms with E-state index in [0.717, 1.165) is 11.8 Å². The van der Waals surface area contributed by atoms with E-state index >= 15 is 0 Å². The Balaban J connectivity index is 0.00000115. The first-order chi connectivity index (χ1) is 37.6. The van der Waals surface area contributed by atoms with Gasteiger partial charge in [-0.2, -0.15) is 0 Å². The summed E-state index contributed by atoms with van der Waals surface area (Å²) in [6.45, 7) is 19.0. The topological polar surface area (TPSA) is 74.6 Å². The van der Waals surface area contributed by atoms with Crippen LogP contribution in [0, 0.1) is 0 Å². The van der Waals surface area contributed by atoms with E-state index in [0.29, 0.717) is 9.79 Å². The van der Waals surface area contributed by atoms with Gasteiger partial charge in [0.25, 0.3) is 0 Å². The summed E-state index contributed by atoms with van der Waals surface area (Å²) in [5.74, 6) is -2.06. The molecule has 0 aliphatic heterocycles. The Morgan fingerprint density at radius 2 is 0.468 bits per heavy atom. The molecule has 2 N–H and O–H groups in total. The number of benzene rings is 2. The fraction of sp³-hybridized carbons (Fsp3) is 0.800. The monoisotopic (exact) mass is 1130 g/mol. The summed E-state index contributed by atoms with van der Waals surface area (Å²) in [5, 5.41) is 18.2. The zero-order chi connectivity index (χ0) is 56.8. The Morgan fingerprint density at radius 1 is 0.286 bits per heavy atom. The zero-order valence-corrected chi connectivity index (χ0v) is 55.2. The third kappa shape index (κ3) is 42.1. The Bertz CT molecular complexity index is 1440. The fourth-order valence-corrected chi connectivity index (χ4v) is 22.6. The molecule has 0 saturated heterocycles. The van der Waals surface area contributed by atoms with Gasteiger partial charge in [0.2, 0.25) is 0 Å². The molecule has 0 amide bonds. The molecular weight excluding hydrogens is 999 g/mol. The largest absolute Gasteiger partial charge is 0.478 e. The van der Waals surface area contributed by atoms with E-state index in [4.69, 9.17) is 10.2 Å². The predicted molar refractivity (Wildman–Crippen MR) is 354 cm³/mol. The molecule has 7 heteroatoms. The normalized spacial score (nSPS) is 11.5. The molecular formula is C70H130O4P2S+2. The van der Waals surface area contributed by atoms with Gasteiger partial charge in [-0.3, -0.25) is 0 Å². The van der Waals surface area contributed by atoms with Gasteiger partial charge in [0.1, 0.15) is 0 Å². The van der Waals surface area contributed by atoms with Crippen molar-refractivity contribution in [3.05, 3.63) is 59.7 Å². The quantitative estimate of drug-likeness (QED) is 0.0510. The second-order valence-electron chi connectivity index (χ2n) is 23.5. The molecule has 0 fully saturated rings. The molecule has 0 aromatic heterocycles. The van der Waals surface area contributed by atoms with E-state index < -0.39 is 26.5 Å². The molecule has 4 nitrogen and oxygen atoms in total. The molecule has 0 radical (unpaired) electrons. The van der Waals surface area contributed by atoms with Crippen molar-refractivity contribution >= 4 is 38.2 Å². The maximum Gasteiger partial charge on any atom is 0.336 e. The van der Waals surface area contributed by atoms with Crippen LogP contribution in [0.25, 0.3) is 0 Å². The van der Waals surface area contributed by atoms with Crippen molar-refractivity contribution in [2.75, 3.05) is 49.3 Å². The molecule has 0 unspecified atom stereocenters. The lowest BCUT2D eigenvalue weighted by Crippen LogP contribution is -2.13. The molecule has 0 atom stereocenters. The average Bonchev–Trinajstić information content (AvgIpc) is 3.44. The van der Waals surface area contributed by atoms with Gasteiger partial charge >= 0.3 is 11.9 Å². The molecule has 2 rings (SSSR count). The number of aromatic carboxylic acids is 2. The Morgan fingerprint density at radius 3 is 0.675 bits per heavy atom. The van der Waals surface area contributed by atoms with E-state index in [9.17, 15) is 9.59 Å². The van der Waals surface area contributed by atoms with Crippen LogP contribution in [0.4, 0.5) is 0 Å². The van der Waals surface area contributed by atoms with E-state index in [2.05, 4.69) is 55.4 Å². The standard InChI is InChI=1S/2C28H60P.C14H10O4S/c2*1-5-9-13-14-15-16-17-18-19-20-21-22-23-24-28-29(25-10-6-2,26-11-7-3)27-12-8-4;15-13(16)9-5-1-3-7-11(9)19-12-8-4-2-6-10(12)14(17)18/h2*5-28H2,1-4H3;1-8H,(H,15,16)(H,17,18)/q2*+1;. The van der Waals surface area contributed by atoms with Gasteiger partial charge < -0.3 is 10.2 Å². The van der Waals surface area contributed by atoms with Crippen LogP contribution in [0.3, 0.4) is 0 Å². The number of carboxylic acids is 2. The van der Waals surface area contributed by atoms with Crippen molar-refractivity contribution in [1.82, 2.24) is 0 Å². The minimum atomic E-state index is -1.03. The highest BCUT2D eigenvalue weighted by molar-refractivity contribution is 7.99. The van der Waals surface area contributed by atoms with Crippen molar-refractivity contribution < 1.29 is 19.8 Å². The summed E-state index contributed by atoms with van der Waals surface area (Å²) >= 11 is 1.14. The number of hydrogen-bond acceptors (Lipinski definition) is 3. The highest BCUT2D eigenvalue weighted by Gasteiger charge is 2.35. The second kappa shape index (κ2) is 55.1. The molecule has 0 saturated carbocycles. The summed E-state index contributed by atoms with van der Waals surface area (Å²) in [7, 11) is -1.26. The Hall–Kier alpha value is -1.41. The number of unbranched alkanes of at least 4 members (excludes halogenated alkanes) is 32. The first kappa shape index (κ1) is 75.6. The van der Waals surface area contributed by atoms with E-state index in [1.54, 1.807) is 98.5 Å². The first-order valence-electron chi connectivity index (χ1n) is 33.6. The molecule has 448 valence electrons. The van der Waals surface area contributed by atoms with Crippen LogP contribution >= 0.6 is 26.3 Å². The SMILES string of the molecule is CCCCCCCCCCCCCCCC[P+](CCCC)(CCCC)CCCC.CCCCCCCCCCCCCCCC[P+](CCCC)(CCCC)CCCC.O=C(O)c1ccccc1Sc1ccccc1C(=O)O. The van der Waals surface area contributed by atoms with Gasteiger partial charge in [0.15, 0.2) is 0 Å². The molecule has 77 heavy (non-hydrogen) atoms. The van der Waals surface area contributed by atoms with Crippen LogP contribution in [-0.4, -0.2) is 71.4 Å². The highest BCUT2D eigenvalue weighted by atomic mass is 32.2. The molecule has 0 aliphatic rings. The molecule has 0 bridgehead atoms. The summed E-state index contributed by atoms with van der Waals surface area (Å²) in [6.07, 6.45) is 71.9. The highest BCUT2D eigenvalue weighted by Crippen LogP contribution is 2.62. The number of rotatable bonds is 52. The Labute approximate surface area is 486 Å². The molecule has 0 heterocycles. The zero-order valence-electron chi connectivity index (χ0n) is 52.6. The van der Waals surface area contributed by atoms with Crippen molar-refractivity contribution in [3.8, 4) is 0 Å². The van der Waals surface area contributed by atoms with E-state index in [1.807, 2.05) is 0 Å². The minimum absolute atomic E-state index is 0.160. The number of carbonyl (C=O) groups is 2. The lowest BCUT2D eigenvalue weighted by atomic mass is 10.0. The third-order valence-electron chi connectivity index (χ3n) is 16.3. The van der Waals surface area contributed by atoms with Gasteiger partial charge in [-0.15, -0.1) is 0 Å². The van der Waals surface area contributed by atoms with Gasteiger partial charge in [-0.05, 0) is 88.5 Å². The second-order valence-corrected chi connectivity index (χ2v) is 33.5. The Kier molecular flexibility index (Phi) is 54.1. The summed E-state index contributed by atoms with van der Waals surface area (Å²) < 4.78 is 0. The van der Waals surface area contributed by atoms with Crippen LogP contribution in [0.1, 0.15) is 333 Å². The maximum atomic E-state index is 11.1. The third-order valence-corrected chi connectivity index (χ3v) is 27.6. The smallest absolute Gasteiger partial charge is 0.336 e.